The third-order valence-electron chi connectivity index (χ3n) is 5.16. The molecule has 1 aliphatic rings. The van der Waals surface area contributed by atoms with Crippen LogP contribution in [0.4, 0.5) is 11.5 Å². The van der Waals surface area contributed by atoms with Gasteiger partial charge in [-0.15, -0.1) is 11.3 Å². The standard InChI is InChI=1S/C22H18BrN3S/c23-18-7-3-4-8-19(18)26-21-20-17(12-27-22(20)25-13-24-21)16-10-9-14-5-1-2-6-15(14)11-16/h3-4,7-13H,1-2,5-6H2,(H,24,25,26). The molecule has 5 heteroatoms. The number of anilines is 2. The van der Waals surface area contributed by atoms with Gasteiger partial charge in [-0.25, -0.2) is 9.97 Å². The van der Waals surface area contributed by atoms with E-state index in [-0.39, 0.29) is 0 Å². The second kappa shape index (κ2) is 7.06. The van der Waals surface area contributed by atoms with Crippen LogP contribution in [0, 0.1) is 0 Å². The van der Waals surface area contributed by atoms with E-state index in [0.29, 0.717) is 0 Å². The highest BCUT2D eigenvalue weighted by Crippen LogP contribution is 2.39. The Morgan fingerprint density at radius 3 is 2.70 bits per heavy atom. The van der Waals surface area contributed by atoms with Gasteiger partial charge in [-0.3, -0.25) is 0 Å². The van der Waals surface area contributed by atoms with E-state index in [1.165, 1.54) is 47.9 Å². The molecule has 4 aromatic rings. The van der Waals surface area contributed by atoms with Gasteiger partial charge in [-0.2, -0.15) is 0 Å². The summed E-state index contributed by atoms with van der Waals surface area (Å²) in [5, 5.41) is 6.78. The van der Waals surface area contributed by atoms with Gasteiger partial charge in [0.05, 0.1) is 11.1 Å². The minimum absolute atomic E-state index is 0.848. The summed E-state index contributed by atoms with van der Waals surface area (Å²) in [5.41, 5.74) is 6.47. The molecule has 3 nitrogen and oxygen atoms in total. The van der Waals surface area contributed by atoms with Crippen LogP contribution in [-0.2, 0) is 12.8 Å². The zero-order valence-corrected chi connectivity index (χ0v) is 17.1. The zero-order valence-electron chi connectivity index (χ0n) is 14.7. The molecule has 2 heterocycles. The molecule has 0 spiro atoms. The molecule has 0 fully saturated rings. The highest BCUT2D eigenvalue weighted by Gasteiger charge is 2.16. The fourth-order valence-corrected chi connectivity index (χ4v) is 5.07. The van der Waals surface area contributed by atoms with Crippen molar-refractivity contribution in [2.75, 3.05) is 5.32 Å². The number of nitrogens with one attached hydrogen (secondary N) is 1. The molecule has 0 unspecified atom stereocenters. The molecule has 0 saturated carbocycles. The Balaban J connectivity index is 1.63. The van der Waals surface area contributed by atoms with Crippen LogP contribution in [-0.4, -0.2) is 9.97 Å². The molecule has 27 heavy (non-hydrogen) atoms. The molecule has 1 aliphatic carbocycles. The van der Waals surface area contributed by atoms with Crippen molar-refractivity contribution < 1.29 is 0 Å². The second-order valence-electron chi connectivity index (χ2n) is 6.85. The van der Waals surface area contributed by atoms with Crippen LogP contribution in [0.1, 0.15) is 24.0 Å². The van der Waals surface area contributed by atoms with Crippen molar-refractivity contribution in [2.24, 2.45) is 0 Å². The van der Waals surface area contributed by atoms with Crippen molar-refractivity contribution >= 4 is 49.0 Å². The minimum Gasteiger partial charge on any atom is -0.339 e. The molecule has 0 bridgehead atoms. The van der Waals surface area contributed by atoms with E-state index in [1.54, 1.807) is 17.7 Å². The lowest BCUT2D eigenvalue weighted by Gasteiger charge is -2.16. The van der Waals surface area contributed by atoms with E-state index in [1.807, 2.05) is 24.3 Å². The lowest BCUT2D eigenvalue weighted by atomic mass is 9.89. The average molecular weight is 436 g/mol. The highest BCUT2D eigenvalue weighted by atomic mass is 79.9. The third kappa shape index (κ3) is 3.15. The summed E-state index contributed by atoms with van der Waals surface area (Å²) in [6, 6.07) is 15.0. The maximum absolute atomic E-state index is 4.55. The van der Waals surface area contributed by atoms with Gasteiger partial charge in [0.25, 0.3) is 0 Å². The molecule has 0 radical (unpaired) electrons. The second-order valence-corrected chi connectivity index (χ2v) is 8.56. The summed E-state index contributed by atoms with van der Waals surface area (Å²) in [4.78, 5) is 10.1. The van der Waals surface area contributed by atoms with Gasteiger partial charge in [0, 0.05) is 15.4 Å². The monoisotopic (exact) mass is 435 g/mol. The number of hydrogen-bond donors (Lipinski definition) is 1. The topological polar surface area (TPSA) is 37.8 Å². The molecule has 2 aromatic heterocycles. The van der Waals surface area contributed by atoms with Gasteiger partial charge in [-0.1, -0.05) is 30.3 Å². The summed E-state index contributed by atoms with van der Waals surface area (Å²) >= 11 is 5.28. The van der Waals surface area contributed by atoms with Crippen LogP contribution >= 0.6 is 27.3 Å². The summed E-state index contributed by atoms with van der Waals surface area (Å²) in [5.74, 6) is 0.848. The summed E-state index contributed by atoms with van der Waals surface area (Å²) in [6.07, 6.45) is 6.62. The van der Waals surface area contributed by atoms with Crippen LogP contribution in [0.5, 0.6) is 0 Å². The van der Waals surface area contributed by atoms with E-state index in [0.717, 1.165) is 26.2 Å². The van der Waals surface area contributed by atoms with Crippen molar-refractivity contribution in [2.45, 2.75) is 25.7 Å². The van der Waals surface area contributed by atoms with Crippen LogP contribution < -0.4 is 5.32 Å². The van der Waals surface area contributed by atoms with Gasteiger partial charge in [0.15, 0.2) is 0 Å². The Kier molecular flexibility index (Phi) is 4.42. The van der Waals surface area contributed by atoms with Crippen molar-refractivity contribution in [1.82, 2.24) is 9.97 Å². The highest BCUT2D eigenvalue weighted by molar-refractivity contribution is 9.10. The quantitative estimate of drug-likeness (QED) is 0.386. The Hall–Kier alpha value is -2.24. The predicted molar refractivity (Wildman–Crippen MR) is 117 cm³/mol. The van der Waals surface area contributed by atoms with E-state index >= 15 is 0 Å². The molecule has 0 saturated heterocycles. The number of rotatable bonds is 3. The molecule has 1 N–H and O–H groups in total. The first kappa shape index (κ1) is 16.9. The van der Waals surface area contributed by atoms with Crippen molar-refractivity contribution in [3.8, 4) is 11.1 Å². The minimum atomic E-state index is 0.848. The summed E-state index contributed by atoms with van der Waals surface area (Å²) in [6.45, 7) is 0. The van der Waals surface area contributed by atoms with Crippen molar-refractivity contribution in [1.29, 1.82) is 0 Å². The molecular formula is C22H18BrN3S. The van der Waals surface area contributed by atoms with E-state index in [2.05, 4.69) is 54.8 Å². The van der Waals surface area contributed by atoms with Crippen LogP contribution in [0.25, 0.3) is 21.3 Å². The molecule has 0 aliphatic heterocycles. The third-order valence-corrected chi connectivity index (χ3v) is 6.73. The van der Waals surface area contributed by atoms with Crippen LogP contribution in [0.3, 0.4) is 0 Å². The smallest absolute Gasteiger partial charge is 0.143 e. The van der Waals surface area contributed by atoms with E-state index in [9.17, 15) is 0 Å². The summed E-state index contributed by atoms with van der Waals surface area (Å²) < 4.78 is 1.02. The number of halogens is 1. The maximum Gasteiger partial charge on any atom is 0.143 e. The first-order valence-electron chi connectivity index (χ1n) is 9.15. The molecule has 5 rings (SSSR count). The summed E-state index contributed by atoms with van der Waals surface area (Å²) in [7, 11) is 0. The van der Waals surface area contributed by atoms with Gasteiger partial charge < -0.3 is 5.32 Å². The average Bonchev–Trinajstić information content (AvgIpc) is 3.14. The lowest BCUT2D eigenvalue weighted by Crippen LogP contribution is -2.02. The molecular weight excluding hydrogens is 418 g/mol. The fraction of sp³-hybridized carbons (Fsp3) is 0.182. The van der Waals surface area contributed by atoms with Crippen molar-refractivity contribution in [3.05, 3.63) is 69.8 Å². The zero-order chi connectivity index (χ0) is 18.2. The number of thiophene rings is 1. The Bertz CT molecular complexity index is 1140. The predicted octanol–water partition coefficient (Wildman–Crippen LogP) is 6.74. The maximum atomic E-state index is 4.55. The Labute approximate surface area is 170 Å². The van der Waals surface area contributed by atoms with Crippen molar-refractivity contribution in [3.63, 3.8) is 0 Å². The van der Waals surface area contributed by atoms with Gasteiger partial charge in [0.1, 0.15) is 17.0 Å². The Morgan fingerprint density at radius 1 is 0.963 bits per heavy atom. The van der Waals surface area contributed by atoms with Gasteiger partial charge >= 0.3 is 0 Å². The number of nitrogens with zero attached hydrogens (tertiary/aromatic N) is 2. The Morgan fingerprint density at radius 2 is 1.81 bits per heavy atom. The molecule has 0 atom stereocenters. The first-order chi connectivity index (χ1) is 13.3. The first-order valence-corrected chi connectivity index (χ1v) is 10.8. The van der Waals surface area contributed by atoms with E-state index < -0.39 is 0 Å². The normalized spacial score (nSPS) is 13.5. The molecule has 0 amide bonds. The largest absolute Gasteiger partial charge is 0.339 e. The lowest BCUT2D eigenvalue weighted by molar-refractivity contribution is 0.686. The van der Waals surface area contributed by atoms with Crippen LogP contribution in [0.15, 0.2) is 58.6 Å². The fourth-order valence-electron chi connectivity index (χ4n) is 3.77. The SMILES string of the molecule is Brc1ccccc1Nc1ncnc2scc(-c3ccc4c(c3)CCCC4)c12. The number of aryl methyl sites for hydroxylation is 2. The molecule has 134 valence electrons. The van der Waals surface area contributed by atoms with Crippen LogP contribution in [0.2, 0.25) is 0 Å². The van der Waals surface area contributed by atoms with Gasteiger partial charge in [-0.05, 0) is 70.4 Å². The number of benzene rings is 2. The number of fused-ring (bicyclic) bond motifs is 2. The number of aromatic nitrogens is 2. The number of hydrogen-bond acceptors (Lipinski definition) is 4. The van der Waals surface area contributed by atoms with Gasteiger partial charge in [0.2, 0.25) is 0 Å². The number of para-hydroxylation sites is 1. The molecule has 2 aromatic carbocycles. The van der Waals surface area contributed by atoms with E-state index in [4.69, 9.17) is 0 Å².